The van der Waals surface area contributed by atoms with Gasteiger partial charge in [-0.1, -0.05) is 0 Å². The average Bonchev–Trinajstić information content (AvgIpc) is 2.59. The van der Waals surface area contributed by atoms with Crippen molar-refractivity contribution < 1.29 is 8.78 Å². The average molecular weight is 219 g/mol. The van der Waals surface area contributed by atoms with E-state index in [0.717, 1.165) is 10.6 Å². The predicted octanol–water partition coefficient (Wildman–Crippen LogP) is 1.88. The van der Waals surface area contributed by atoms with E-state index in [1.807, 2.05) is 6.92 Å². The lowest BCUT2D eigenvalue weighted by molar-refractivity contribution is 0.0257. The first-order valence-corrected chi connectivity index (χ1v) is 5.11. The molecular formula is C8H11F2N3S. The highest BCUT2D eigenvalue weighted by molar-refractivity contribution is 7.10. The summed E-state index contributed by atoms with van der Waals surface area (Å²) in [6.07, 6.45) is -0.0791. The van der Waals surface area contributed by atoms with Gasteiger partial charge in [-0.2, -0.15) is 4.37 Å². The van der Waals surface area contributed by atoms with Gasteiger partial charge in [-0.15, -0.1) is 0 Å². The van der Waals surface area contributed by atoms with Crippen LogP contribution >= 0.6 is 11.5 Å². The molecule has 0 spiro atoms. The van der Waals surface area contributed by atoms with Crippen molar-refractivity contribution in [2.24, 2.45) is 0 Å². The van der Waals surface area contributed by atoms with Crippen molar-refractivity contribution in [2.75, 3.05) is 23.7 Å². The van der Waals surface area contributed by atoms with Gasteiger partial charge in [0, 0.05) is 18.5 Å². The van der Waals surface area contributed by atoms with Crippen LogP contribution in [0.3, 0.4) is 0 Å². The standard InChI is InChI=1S/C8H11F2N3S/c1-5-6(11)12-14-7(5)13-3-2-8(9,10)4-13/h2-4H2,1H3,(H2,11,12). The molecule has 3 nitrogen and oxygen atoms in total. The third kappa shape index (κ3) is 1.54. The van der Waals surface area contributed by atoms with Gasteiger partial charge in [0.2, 0.25) is 0 Å². The summed E-state index contributed by atoms with van der Waals surface area (Å²) in [5, 5.41) is 0.777. The maximum atomic E-state index is 12.9. The van der Waals surface area contributed by atoms with Gasteiger partial charge in [0.15, 0.2) is 0 Å². The Labute approximate surface area is 84.7 Å². The van der Waals surface area contributed by atoms with E-state index in [2.05, 4.69) is 4.37 Å². The highest BCUT2D eigenvalue weighted by Crippen LogP contribution is 2.36. The highest BCUT2D eigenvalue weighted by atomic mass is 32.1. The number of hydrogen-bond acceptors (Lipinski definition) is 4. The summed E-state index contributed by atoms with van der Waals surface area (Å²) >= 11 is 1.19. The minimum atomic E-state index is -2.56. The van der Waals surface area contributed by atoms with Crippen LogP contribution in [0.2, 0.25) is 0 Å². The summed E-state index contributed by atoms with van der Waals surface area (Å²) in [4.78, 5) is 1.66. The van der Waals surface area contributed by atoms with E-state index in [1.165, 1.54) is 11.5 Å². The molecule has 2 heterocycles. The molecule has 1 aromatic rings. The van der Waals surface area contributed by atoms with Crippen LogP contribution in [0.4, 0.5) is 19.6 Å². The quantitative estimate of drug-likeness (QED) is 0.784. The van der Waals surface area contributed by atoms with Crippen LogP contribution in [-0.4, -0.2) is 23.4 Å². The molecule has 6 heteroatoms. The third-order valence-electron chi connectivity index (χ3n) is 2.39. The molecule has 1 aromatic heterocycles. The van der Waals surface area contributed by atoms with Gasteiger partial charge in [0.1, 0.15) is 10.8 Å². The smallest absolute Gasteiger partial charge is 0.266 e. The Morgan fingerprint density at radius 2 is 2.29 bits per heavy atom. The van der Waals surface area contributed by atoms with Crippen LogP contribution in [-0.2, 0) is 0 Å². The molecule has 0 bridgehead atoms. The largest absolute Gasteiger partial charge is 0.383 e. The minimum Gasteiger partial charge on any atom is -0.383 e. The fourth-order valence-electron chi connectivity index (χ4n) is 1.54. The molecular weight excluding hydrogens is 208 g/mol. The van der Waals surface area contributed by atoms with Crippen molar-refractivity contribution in [3.05, 3.63) is 5.56 Å². The summed E-state index contributed by atoms with van der Waals surface area (Å²) in [6, 6.07) is 0. The Hall–Kier alpha value is -0.910. The Balaban J connectivity index is 2.22. The molecule has 2 N–H and O–H groups in total. The summed E-state index contributed by atoms with van der Waals surface area (Å²) in [6.45, 7) is 1.98. The van der Waals surface area contributed by atoms with Crippen LogP contribution in [0.1, 0.15) is 12.0 Å². The summed E-state index contributed by atoms with van der Waals surface area (Å²) in [5.74, 6) is -2.12. The predicted molar refractivity (Wildman–Crippen MR) is 53.0 cm³/mol. The lowest BCUT2D eigenvalue weighted by Crippen LogP contribution is -2.24. The molecule has 1 aliphatic rings. The van der Waals surface area contributed by atoms with Gasteiger partial charge in [-0.3, -0.25) is 0 Å². The highest BCUT2D eigenvalue weighted by Gasteiger charge is 2.39. The lowest BCUT2D eigenvalue weighted by Gasteiger charge is -2.16. The lowest BCUT2D eigenvalue weighted by atomic mass is 10.3. The van der Waals surface area contributed by atoms with Crippen molar-refractivity contribution >= 4 is 22.4 Å². The van der Waals surface area contributed by atoms with Crippen LogP contribution in [0, 0.1) is 6.92 Å². The number of nitrogens with zero attached hydrogens (tertiary/aromatic N) is 2. The van der Waals surface area contributed by atoms with Crippen molar-refractivity contribution in [2.45, 2.75) is 19.3 Å². The summed E-state index contributed by atoms with van der Waals surface area (Å²) in [5.41, 5.74) is 6.37. The van der Waals surface area contributed by atoms with E-state index in [0.29, 0.717) is 12.4 Å². The Bertz CT molecular complexity index is 350. The number of hydrogen-bond donors (Lipinski definition) is 1. The fourth-order valence-corrected chi connectivity index (χ4v) is 2.38. The SMILES string of the molecule is Cc1c(N)nsc1N1CCC(F)(F)C1. The second-order valence-electron chi connectivity index (χ2n) is 3.53. The van der Waals surface area contributed by atoms with Crippen molar-refractivity contribution in [1.82, 2.24) is 4.37 Å². The van der Waals surface area contributed by atoms with Gasteiger partial charge >= 0.3 is 0 Å². The number of halogens is 2. The van der Waals surface area contributed by atoms with Gasteiger partial charge < -0.3 is 10.6 Å². The normalized spacial score (nSPS) is 20.4. The molecule has 0 unspecified atom stereocenters. The molecule has 1 saturated heterocycles. The second-order valence-corrected chi connectivity index (χ2v) is 4.28. The molecule has 0 amide bonds. The Kier molecular flexibility index (Phi) is 2.10. The zero-order valence-electron chi connectivity index (χ0n) is 7.76. The fraction of sp³-hybridized carbons (Fsp3) is 0.625. The molecule has 0 aromatic carbocycles. The molecule has 0 radical (unpaired) electrons. The number of anilines is 2. The first kappa shape index (κ1) is 9.64. The van der Waals surface area contributed by atoms with Gasteiger partial charge in [0.05, 0.1) is 6.54 Å². The van der Waals surface area contributed by atoms with Gasteiger partial charge in [-0.05, 0) is 18.5 Å². The van der Waals surface area contributed by atoms with E-state index in [-0.39, 0.29) is 13.0 Å². The van der Waals surface area contributed by atoms with E-state index in [4.69, 9.17) is 5.73 Å². The van der Waals surface area contributed by atoms with Gasteiger partial charge in [0.25, 0.3) is 5.92 Å². The molecule has 1 fully saturated rings. The molecule has 0 aliphatic carbocycles. The van der Waals surface area contributed by atoms with Crippen LogP contribution in [0.5, 0.6) is 0 Å². The van der Waals surface area contributed by atoms with Crippen LogP contribution < -0.4 is 10.6 Å². The number of nitrogen functional groups attached to an aromatic ring is 1. The zero-order valence-corrected chi connectivity index (χ0v) is 8.57. The van der Waals surface area contributed by atoms with E-state index in [1.54, 1.807) is 4.90 Å². The number of rotatable bonds is 1. The molecule has 14 heavy (non-hydrogen) atoms. The monoisotopic (exact) mass is 219 g/mol. The number of nitrogens with two attached hydrogens (primary N) is 1. The maximum absolute atomic E-state index is 12.9. The van der Waals surface area contributed by atoms with E-state index >= 15 is 0 Å². The van der Waals surface area contributed by atoms with Crippen molar-refractivity contribution in [1.29, 1.82) is 0 Å². The second kappa shape index (κ2) is 3.05. The molecule has 2 rings (SSSR count). The van der Waals surface area contributed by atoms with Crippen molar-refractivity contribution in [3.63, 3.8) is 0 Å². The first-order chi connectivity index (χ1) is 6.49. The molecule has 1 aliphatic heterocycles. The zero-order chi connectivity index (χ0) is 10.3. The topological polar surface area (TPSA) is 42.1 Å². The minimum absolute atomic E-state index is 0.0791. The molecule has 0 atom stereocenters. The Morgan fingerprint density at radius 3 is 2.71 bits per heavy atom. The third-order valence-corrected chi connectivity index (χ3v) is 3.42. The van der Waals surface area contributed by atoms with Gasteiger partial charge in [-0.25, -0.2) is 8.78 Å². The Morgan fingerprint density at radius 1 is 1.57 bits per heavy atom. The molecule has 78 valence electrons. The van der Waals surface area contributed by atoms with Crippen LogP contribution in [0.25, 0.3) is 0 Å². The van der Waals surface area contributed by atoms with E-state index < -0.39 is 5.92 Å². The number of alkyl halides is 2. The molecule has 0 saturated carbocycles. The maximum Gasteiger partial charge on any atom is 0.266 e. The summed E-state index contributed by atoms with van der Waals surface area (Å²) in [7, 11) is 0. The first-order valence-electron chi connectivity index (χ1n) is 4.34. The van der Waals surface area contributed by atoms with Crippen molar-refractivity contribution in [3.8, 4) is 0 Å². The van der Waals surface area contributed by atoms with Crippen LogP contribution in [0.15, 0.2) is 0 Å². The summed E-state index contributed by atoms with van der Waals surface area (Å²) < 4.78 is 29.8. The van der Waals surface area contributed by atoms with E-state index in [9.17, 15) is 8.78 Å². The number of aromatic nitrogens is 1.